The molecule has 0 radical (unpaired) electrons. The molecule has 0 unspecified atom stereocenters. The lowest BCUT2D eigenvalue weighted by molar-refractivity contribution is 0.254. The number of hydrogen-bond acceptors (Lipinski definition) is 4. The first-order valence-electron chi connectivity index (χ1n) is 9.07. The molecule has 130 valence electrons. The Kier molecular flexibility index (Phi) is 6.44. The molecule has 2 aromatic carbocycles. The van der Waals surface area contributed by atoms with Gasteiger partial charge in [-0.2, -0.15) is 5.26 Å². The molecule has 4 nitrogen and oxygen atoms in total. The molecular formula is C21H26N4. The van der Waals surface area contributed by atoms with E-state index < -0.39 is 0 Å². The van der Waals surface area contributed by atoms with Crippen LogP contribution >= 0.6 is 0 Å². The van der Waals surface area contributed by atoms with Crippen molar-refractivity contribution in [1.82, 2.24) is 10.2 Å². The molecule has 0 bridgehead atoms. The van der Waals surface area contributed by atoms with E-state index in [9.17, 15) is 0 Å². The summed E-state index contributed by atoms with van der Waals surface area (Å²) in [5, 5.41) is 12.4. The SMILES string of the molecule is N#Cc1cccc(CNCCCN2CCN(c3ccccc3)CC2)c1. The number of nitrogens with zero attached hydrogens (tertiary/aromatic N) is 3. The van der Waals surface area contributed by atoms with Crippen LogP contribution in [0.2, 0.25) is 0 Å². The Bertz CT molecular complexity index is 685. The van der Waals surface area contributed by atoms with Gasteiger partial charge in [-0.3, -0.25) is 4.90 Å². The highest BCUT2D eigenvalue weighted by molar-refractivity contribution is 5.46. The third-order valence-electron chi connectivity index (χ3n) is 4.71. The minimum absolute atomic E-state index is 0.732. The second kappa shape index (κ2) is 9.22. The molecule has 25 heavy (non-hydrogen) atoms. The summed E-state index contributed by atoms with van der Waals surface area (Å²) in [5.41, 5.74) is 3.24. The predicted octanol–water partition coefficient (Wildman–Crippen LogP) is 2.86. The maximum atomic E-state index is 8.93. The maximum Gasteiger partial charge on any atom is 0.0991 e. The summed E-state index contributed by atoms with van der Waals surface area (Å²) >= 11 is 0. The van der Waals surface area contributed by atoms with Gasteiger partial charge in [0.2, 0.25) is 0 Å². The van der Waals surface area contributed by atoms with E-state index in [2.05, 4.69) is 57.6 Å². The van der Waals surface area contributed by atoms with Crippen LogP contribution in [0.4, 0.5) is 5.69 Å². The smallest absolute Gasteiger partial charge is 0.0991 e. The maximum absolute atomic E-state index is 8.93. The van der Waals surface area contributed by atoms with Crippen molar-refractivity contribution in [2.75, 3.05) is 44.2 Å². The third kappa shape index (κ3) is 5.32. The standard InChI is InChI=1S/C21H26N4/c22-17-19-6-4-7-20(16-19)18-23-10-5-11-24-12-14-25(15-13-24)21-8-2-1-3-9-21/h1-4,6-9,16,23H,5,10-15,18H2. The van der Waals surface area contributed by atoms with Crippen molar-refractivity contribution in [2.45, 2.75) is 13.0 Å². The van der Waals surface area contributed by atoms with Gasteiger partial charge in [-0.15, -0.1) is 0 Å². The summed E-state index contributed by atoms with van der Waals surface area (Å²) < 4.78 is 0. The van der Waals surface area contributed by atoms with E-state index >= 15 is 0 Å². The van der Waals surface area contributed by atoms with E-state index in [1.54, 1.807) is 0 Å². The van der Waals surface area contributed by atoms with Gasteiger partial charge in [-0.1, -0.05) is 30.3 Å². The van der Waals surface area contributed by atoms with Gasteiger partial charge in [0.1, 0.15) is 0 Å². The Balaban J connectivity index is 1.31. The minimum Gasteiger partial charge on any atom is -0.369 e. The number of hydrogen-bond donors (Lipinski definition) is 1. The molecule has 1 aliphatic heterocycles. The minimum atomic E-state index is 0.732. The lowest BCUT2D eigenvalue weighted by atomic mass is 10.1. The summed E-state index contributed by atoms with van der Waals surface area (Å²) in [6, 6.07) is 20.7. The molecule has 0 atom stereocenters. The molecule has 0 saturated carbocycles. The van der Waals surface area contributed by atoms with Crippen LogP contribution in [-0.2, 0) is 6.54 Å². The van der Waals surface area contributed by atoms with E-state index in [4.69, 9.17) is 5.26 Å². The van der Waals surface area contributed by atoms with E-state index in [1.165, 1.54) is 11.3 Å². The van der Waals surface area contributed by atoms with Crippen LogP contribution in [0.25, 0.3) is 0 Å². The van der Waals surface area contributed by atoms with Gasteiger partial charge in [0, 0.05) is 38.4 Å². The average molecular weight is 334 g/mol. The lowest BCUT2D eigenvalue weighted by Gasteiger charge is -2.36. The van der Waals surface area contributed by atoms with Crippen molar-refractivity contribution >= 4 is 5.69 Å². The molecule has 0 amide bonds. The number of rotatable bonds is 7. The number of piperazine rings is 1. The second-order valence-electron chi connectivity index (χ2n) is 6.51. The highest BCUT2D eigenvalue weighted by Gasteiger charge is 2.16. The van der Waals surface area contributed by atoms with Crippen molar-refractivity contribution in [3.63, 3.8) is 0 Å². The van der Waals surface area contributed by atoms with E-state index in [1.807, 2.05) is 18.2 Å². The Morgan fingerprint density at radius 2 is 1.76 bits per heavy atom. The van der Waals surface area contributed by atoms with Crippen LogP contribution in [0, 0.1) is 11.3 Å². The molecule has 0 aliphatic carbocycles. The Hall–Kier alpha value is -2.35. The van der Waals surface area contributed by atoms with Crippen molar-refractivity contribution < 1.29 is 0 Å². The normalized spacial score (nSPS) is 15.1. The lowest BCUT2D eigenvalue weighted by Crippen LogP contribution is -2.46. The highest BCUT2D eigenvalue weighted by atomic mass is 15.3. The van der Waals surface area contributed by atoms with Gasteiger partial charge in [-0.05, 0) is 49.3 Å². The number of benzene rings is 2. The Morgan fingerprint density at radius 3 is 2.52 bits per heavy atom. The fourth-order valence-corrected chi connectivity index (χ4v) is 3.28. The second-order valence-corrected chi connectivity index (χ2v) is 6.51. The van der Waals surface area contributed by atoms with Gasteiger partial charge in [0.25, 0.3) is 0 Å². The zero-order valence-corrected chi connectivity index (χ0v) is 14.7. The zero-order valence-electron chi connectivity index (χ0n) is 14.7. The fourth-order valence-electron chi connectivity index (χ4n) is 3.28. The molecule has 1 saturated heterocycles. The summed E-state index contributed by atoms with van der Waals surface area (Å²) in [5.74, 6) is 0. The molecule has 1 aliphatic rings. The molecule has 4 heteroatoms. The monoisotopic (exact) mass is 334 g/mol. The number of anilines is 1. The molecule has 1 fully saturated rings. The first-order valence-corrected chi connectivity index (χ1v) is 9.07. The van der Waals surface area contributed by atoms with E-state index in [0.717, 1.165) is 57.8 Å². The van der Waals surface area contributed by atoms with Gasteiger partial charge >= 0.3 is 0 Å². The molecule has 2 aromatic rings. The van der Waals surface area contributed by atoms with E-state index in [0.29, 0.717) is 0 Å². The molecule has 1 N–H and O–H groups in total. The van der Waals surface area contributed by atoms with Crippen molar-refractivity contribution in [2.24, 2.45) is 0 Å². The average Bonchev–Trinajstić information content (AvgIpc) is 2.69. The molecular weight excluding hydrogens is 308 g/mol. The van der Waals surface area contributed by atoms with Crippen LogP contribution in [0.15, 0.2) is 54.6 Å². The van der Waals surface area contributed by atoms with Crippen LogP contribution in [0.3, 0.4) is 0 Å². The molecule has 0 aromatic heterocycles. The van der Waals surface area contributed by atoms with Crippen molar-refractivity contribution in [3.05, 3.63) is 65.7 Å². The first-order chi connectivity index (χ1) is 12.3. The van der Waals surface area contributed by atoms with Crippen LogP contribution in [0.1, 0.15) is 17.5 Å². The van der Waals surface area contributed by atoms with Gasteiger partial charge < -0.3 is 10.2 Å². The molecule has 0 spiro atoms. The Morgan fingerprint density at radius 1 is 0.960 bits per heavy atom. The van der Waals surface area contributed by atoms with Gasteiger partial charge in [0.15, 0.2) is 0 Å². The van der Waals surface area contributed by atoms with Gasteiger partial charge in [0.05, 0.1) is 11.6 Å². The largest absolute Gasteiger partial charge is 0.369 e. The summed E-state index contributed by atoms with van der Waals surface area (Å²) in [4.78, 5) is 5.02. The predicted molar refractivity (Wildman–Crippen MR) is 103 cm³/mol. The van der Waals surface area contributed by atoms with Crippen LogP contribution in [0.5, 0.6) is 0 Å². The van der Waals surface area contributed by atoms with Crippen LogP contribution < -0.4 is 10.2 Å². The highest BCUT2D eigenvalue weighted by Crippen LogP contribution is 2.15. The quantitative estimate of drug-likeness (QED) is 0.791. The summed E-state index contributed by atoms with van der Waals surface area (Å²) in [6.07, 6.45) is 1.16. The van der Waals surface area contributed by atoms with Crippen LogP contribution in [-0.4, -0.2) is 44.2 Å². The number of nitriles is 1. The fraction of sp³-hybridized carbons (Fsp3) is 0.381. The first kappa shape index (κ1) is 17.5. The molecule has 1 heterocycles. The van der Waals surface area contributed by atoms with Crippen molar-refractivity contribution in [1.29, 1.82) is 5.26 Å². The molecule has 3 rings (SSSR count). The zero-order chi connectivity index (χ0) is 17.3. The van der Waals surface area contributed by atoms with Gasteiger partial charge in [-0.25, -0.2) is 0 Å². The Labute approximate surface area is 150 Å². The summed E-state index contributed by atoms with van der Waals surface area (Å²) in [7, 11) is 0. The van der Waals surface area contributed by atoms with Crippen molar-refractivity contribution in [3.8, 4) is 6.07 Å². The third-order valence-corrected chi connectivity index (χ3v) is 4.71. The van der Waals surface area contributed by atoms with E-state index in [-0.39, 0.29) is 0 Å². The summed E-state index contributed by atoms with van der Waals surface area (Å²) in [6.45, 7) is 7.48. The number of para-hydroxylation sites is 1. The number of nitrogens with one attached hydrogen (secondary N) is 1. The topological polar surface area (TPSA) is 42.3 Å².